The second-order valence-electron chi connectivity index (χ2n) is 3.22. The van der Waals surface area contributed by atoms with Crippen molar-refractivity contribution in [1.82, 2.24) is 0 Å². The molecule has 0 N–H and O–H groups in total. The van der Waals surface area contributed by atoms with E-state index in [1.54, 1.807) is 0 Å². The SMILES string of the molecule is N#CCC=Cc1cc(C(F)(F)F)ccc1C=O. The molecule has 0 aromatic heterocycles. The van der Waals surface area contributed by atoms with Gasteiger partial charge in [0.2, 0.25) is 0 Å². The molecule has 5 heteroatoms. The van der Waals surface area contributed by atoms with Crippen LogP contribution in [0.5, 0.6) is 0 Å². The summed E-state index contributed by atoms with van der Waals surface area (Å²) >= 11 is 0. The van der Waals surface area contributed by atoms with E-state index in [-0.39, 0.29) is 17.5 Å². The Morgan fingerprint density at radius 3 is 2.53 bits per heavy atom. The highest BCUT2D eigenvalue weighted by Gasteiger charge is 2.30. The fourth-order valence-electron chi connectivity index (χ4n) is 1.24. The predicted molar refractivity (Wildman–Crippen MR) is 56.1 cm³/mol. The van der Waals surface area contributed by atoms with Gasteiger partial charge in [-0.05, 0) is 17.7 Å². The number of allylic oxidation sites excluding steroid dienone is 1. The fraction of sp³-hybridized carbons (Fsp3) is 0.167. The Labute approximate surface area is 96.0 Å². The molecule has 1 aromatic rings. The Kier molecular flexibility index (Phi) is 4.05. The average molecular weight is 239 g/mol. The first-order valence-corrected chi connectivity index (χ1v) is 4.69. The van der Waals surface area contributed by atoms with E-state index < -0.39 is 11.7 Å². The Bertz CT molecular complexity index is 484. The molecule has 0 saturated carbocycles. The highest BCUT2D eigenvalue weighted by atomic mass is 19.4. The molecule has 1 rings (SSSR count). The van der Waals surface area contributed by atoms with Gasteiger partial charge in [0.05, 0.1) is 18.1 Å². The molecule has 0 heterocycles. The summed E-state index contributed by atoms with van der Waals surface area (Å²) in [7, 11) is 0. The van der Waals surface area contributed by atoms with Crippen LogP contribution in [-0.2, 0) is 6.18 Å². The smallest absolute Gasteiger partial charge is 0.298 e. The molecule has 0 bridgehead atoms. The van der Waals surface area contributed by atoms with E-state index in [9.17, 15) is 18.0 Å². The van der Waals surface area contributed by atoms with E-state index in [1.165, 1.54) is 12.2 Å². The van der Waals surface area contributed by atoms with Gasteiger partial charge in [0.1, 0.15) is 0 Å². The van der Waals surface area contributed by atoms with Crippen molar-refractivity contribution in [3.63, 3.8) is 0 Å². The number of benzene rings is 1. The zero-order valence-corrected chi connectivity index (χ0v) is 8.66. The number of carbonyl (C=O) groups excluding carboxylic acids is 1. The van der Waals surface area contributed by atoms with Gasteiger partial charge in [-0.2, -0.15) is 18.4 Å². The summed E-state index contributed by atoms with van der Waals surface area (Å²) in [6, 6.07) is 4.67. The molecule has 0 aliphatic carbocycles. The zero-order valence-electron chi connectivity index (χ0n) is 8.66. The van der Waals surface area contributed by atoms with E-state index >= 15 is 0 Å². The number of nitrogens with zero attached hydrogens (tertiary/aromatic N) is 1. The van der Waals surface area contributed by atoms with Crippen molar-refractivity contribution in [2.24, 2.45) is 0 Å². The summed E-state index contributed by atoms with van der Waals surface area (Å²) in [6.45, 7) is 0. The van der Waals surface area contributed by atoms with Gasteiger partial charge in [-0.25, -0.2) is 0 Å². The van der Waals surface area contributed by atoms with Gasteiger partial charge >= 0.3 is 6.18 Å². The van der Waals surface area contributed by atoms with Crippen molar-refractivity contribution in [2.75, 3.05) is 0 Å². The summed E-state index contributed by atoms with van der Waals surface area (Å²) in [4.78, 5) is 10.6. The van der Waals surface area contributed by atoms with Crippen molar-refractivity contribution in [3.8, 4) is 6.07 Å². The van der Waals surface area contributed by atoms with Gasteiger partial charge in [-0.1, -0.05) is 18.2 Å². The van der Waals surface area contributed by atoms with Gasteiger partial charge in [-0.3, -0.25) is 4.79 Å². The van der Waals surface area contributed by atoms with Crippen LogP contribution in [0.25, 0.3) is 6.08 Å². The molecule has 0 spiro atoms. The van der Waals surface area contributed by atoms with Crippen LogP contribution >= 0.6 is 0 Å². The first-order chi connectivity index (χ1) is 7.99. The van der Waals surface area contributed by atoms with Crippen molar-refractivity contribution in [2.45, 2.75) is 12.6 Å². The Morgan fingerprint density at radius 2 is 2.00 bits per heavy atom. The molecule has 0 aliphatic heterocycles. The Morgan fingerprint density at radius 1 is 1.29 bits per heavy atom. The normalized spacial score (nSPS) is 11.4. The van der Waals surface area contributed by atoms with Crippen LogP contribution in [0.15, 0.2) is 24.3 Å². The van der Waals surface area contributed by atoms with Crippen LogP contribution in [0, 0.1) is 11.3 Å². The second-order valence-corrected chi connectivity index (χ2v) is 3.22. The lowest BCUT2D eigenvalue weighted by atomic mass is 10.0. The third kappa shape index (κ3) is 3.45. The van der Waals surface area contributed by atoms with Gasteiger partial charge in [0, 0.05) is 5.56 Å². The van der Waals surface area contributed by atoms with Crippen LogP contribution in [0.3, 0.4) is 0 Å². The Hall–Kier alpha value is -2.09. The van der Waals surface area contributed by atoms with Crippen molar-refractivity contribution in [1.29, 1.82) is 5.26 Å². The lowest BCUT2D eigenvalue weighted by Gasteiger charge is -2.08. The number of hydrogen-bond donors (Lipinski definition) is 0. The molecular weight excluding hydrogens is 231 g/mol. The topological polar surface area (TPSA) is 40.9 Å². The predicted octanol–water partition coefficient (Wildman–Crippen LogP) is 3.44. The van der Waals surface area contributed by atoms with Gasteiger partial charge in [-0.15, -0.1) is 0 Å². The molecule has 0 amide bonds. The molecule has 0 unspecified atom stereocenters. The maximum atomic E-state index is 12.4. The van der Waals surface area contributed by atoms with Gasteiger partial charge < -0.3 is 0 Å². The fourth-order valence-corrected chi connectivity index (χ4v) is 1.24. The lowest BCUT2D eigenvalue weighted by Crippen LogP contribution is -2.05. The highest BCUT2D eigenvalue weighted by Crippen LogP contribution is 2.30. The maximum Gasteiger partial charge on any atom is 0.416 e. The third-order valence-corrected chi connectivity index (χ3v) is 2.05. The van der Waals surface area contributed by atoms with Gasteiger partial charge in [0.25, 0.3) is 0 Å². The summed E-state index contributed by atoms with van der Waals surface area (Å²) in [5.74, 6) is 0. The standard InChI is InChI=1S/C12H8F3NO/c13-12(14,15)11-5-4-10(8-17)9(7-11)3-1-2-6-16/h1,3-5,7-8H,2H2. The van der Waals surface area contributed by atoms with Crippen molar-refractivity contribution < 1.29 is 18.0 Å². The molecule has 0 saturated heterocycles. The van der Waals surface area contributed by atoms with Gasteiger partial charge in [0.15, 0.2) is 6.29 Å². The lowest BCUT2D eigenvalue weighted by molar-refractivity contribution is -0.137. The number of hydrogen-bond acceptors (Lipinski definition) is 2. The van der Waals surface area contributed by atoms with E-state index in [0.717, 1.165) is 18.2 Å². The molecule has 88 valence electrons. The van der Waals surface area contributed by atoms with Crippen molar-refractivity contribution in [3.05, 3.63) is 41.0 Å². The molecule has 2 nitrogen and oxygen atoms in total. The molecule has 0 radical (unpaired) electrons. The molecule has 17 heavy (non-hydrogen) atoms. The van der Waals surface area contributed by atoms with E-state index in [2.05, 4.69) is 0 Å². The minimum absolute atomic E-state index is 0.0779. The Balaban J connectivity index is 3.16. The minimum Gasteiger partial charge on any atom is -0.298 e. The average Bonchev–Trinajstić information content (AvgIpc) is 2.28. The first-order valence-electron chi connectivity index (χ1n) is 4.69. The van der Waals surface area contributed by atoms with E-state index in [4.69, 9.17) is 5.26 Å². The molecule has 0 fully saturated rings. The number of nitriles is 1. The maximum absolute atomic E-state index is 12.4. The minimum atomic E-state index is -4.45. The molecular formula is C12H8F3NO. The molecule has 1 aromatic carbocycles. The van der Waals surface area contributed by atoms with Crippen molar-refractivity contribution >= 4 is 12.4 Å². The number of alkyl halides is 3. The van der Waals surface area contributed by atoms with Crippen LogP contribution in [0.4, 0.5) is 13.2 Å². The number of aldehydes is 1. The largest absolute Gasteiger partial charge is 0.416 e. The van der Waals surface area contributed by atoms with E-state index in [1.807, 2.05) is 6.07 Å². The number of rotatable bonds is 3. The quantitative estimate of drug-likeness (QED) is 0.758. The van der Waals surface area contributed by atoms with Crippen LogP contribution in [0.2, 0.25) is 0 Å². The summed E-state index contributed by atoms with van der Waals surface area (Å²) in [5.41, 5.74) is -0.503. The highest BCUT2D eigenvalue weighted by molar-refractivity contribution is 5.82. The van der Waals surface area contributed by atoms with Crippen LogP contribution < -0.4 is 0 Å². The summed E-state index contributed by atoms with van der Waals surface area (Å²) < 4.78 is 37.3. The second kappa shape index (κ2) is 5.30. The number of carbonyl (C=O) groups is 1. The third-order valence-electron chi connectivity index (χ3n) is 2.05. The monoisotopic (exact) mass is 239 g/mol. The summed E-state index contributed by atoms with van der Waals surface area (Å²) in [6.07, 6.45) is -1.15. The zero-order chi connectivity index (χ0) is 12.9. The summed E-state index contributed by atoms with van der Waals surface area (Å²) in [5, 5.41) is 8.30. The first kappa shape index (κ1) is 13.0. The van der Waals surface area contributed by atoms with E-state index in [0.29, 0.717) is 6.29 Å². The molecule has 0 atom stereocenters. The van der Waals surface area contributed by atoms with Crippen LogP contribution in [0.1, 0.15) is 27.9 Å². The molecule has 0 aliphatic rings. The van der Waals surface area contributed by atoms with Crippen LogP contribution in [-0.4, -0.2) is 6.29 Å². The number of halogens is 3.